The van der Waals surface area contributed by atoms with Gasteiger partial charge in [0.25, 0.3) is 0 Å². The van der Waals surface area contributed by atoms with Gasteiger partial charge < -0.3 is 9.47 Å². The summed E-state index contributed by atoms with van der Waals surface area (Å²) in [4.78, 5) is 13.1. The van der Waals surface area contributed by atoms with Gasteiger partial charge in [0, 0.05) is 23.3 Å². The number of carbonyl (C=O) groups is 1. The van der Waals surface area contributed by atoms with Crippen molar-refractivity contribution in [3.63, 3.8) is 0 Å². The van der Waals surface area contributed by atoms with Crippen molar-refractivity contribution in [1.29, 1.82) is 0 Å². The number of hydrogen-bond acceptors (Lipinski definition) is 4. The van der Waals surface area contributed by atoms with E-state index in [0.29, 0.717) is 17.2 Å². The predicted molar refractivity (Wildman–Crippen MR) is 77.2 cm³/mol. The Kier molecular flexibility index (Phi) is 4.76. The molecule has 1 aromatic rings. The van der Waals surface area contributed by atoms with Crippen LogP contribution in [0.4, 0.5) is 0 Å². The maximum atomic E-state index is 11.9. The molecule has 104 valence electrons. The Labute approximate surface area is 122 Å². The first kappa shape index (κ1) is 14.7. The van der Waals surface area contributed by atoms with E-state index in [0.717, 1.165) is 28.2 Å². The molecule has 2 rings (SSSR count). The Hall–Kier alpha value is -0.710. The van der Waals surface area contributed by atoms with Crippen molar-refractivity contribution >= 4 is 29.3 Å². The van der Waals surface area contributed by atoms with Gasteiger partial charge in [-0.15, -0.1) is 11.8 Å². The van der Waals surface area contributed by atoms with Gasteiger partial charge in [-0.2, -0.15) is 0 Å². The lowest BCUT2D eigenvalue weighted by Gasteiger charge is -2.27. The molecular formula is C14H17ClO3S. The summed E-state index contributed by atoms with van der Waals surface area (Å²) in [5.41, 5.74) is 2.42. The summed E-state index contributed by atoms with van der Waals surface area (Å²) in [7, 11) is 1.67. The van der Waals surface area contributed by atoms with E-state index in [-0.39, 0.29) is 12.1 Å². The molecule has 0 aromatic heterocycles. The molecule has 0 aliphatic carbocycles. The molecule has 19 heavy (non-hydrogen) atoms. The van der Waals surface area contributed by atoms with E-state index in [2.05, 4.69) is 0 Å². The summed E-state index contributed by atoms with van der Waals surface area (Å²) in [6.07, 6.45) is 0.858. The van der Waals surface area contributed by atoms with Crippen LogP contribution in [0.25, 0.3) is 0 Å². The summed E-state index contributed by atoms with van der Waals surface area (Å²) >= 11 is 8.17. The van der Waals surface area contributed by atoms with Gasteiger partial charge in [0.2, 0.25) is 0 Å². The van der Waals surface area contributed by atoms with Crippen molar-refractivity contribution < 1.29 is 14.3 Å². The van der Waals surface area contributed by atoms with E-state index in [1.54, 1.807) is 25.8 Å². The standard InChI is InChI=1S/C14H17ClO3S/c1-4-18-14(16)9-7-8(2)13-11(12(9)15)10(17-3)5-6-19-13/h7,10H,4-6H2,1-3H3. The summed E-state index contributed by atoms with van der Waals surface area (Å²) in [6.45, 7) is 4.11. The van der Waals surface area contributed by atoms with Gasteiger partial charge in [0.05, 0.1) is 23.3 Å². The fourth-order valence-electron chi connectivity index (χ4n) is 2.29. The van der Waals surface area contributed by atoms with Crippen molar-refractivity contribution in [2.45, 2.75) is 31.3 Å². The fraction of sp³-hybridized carbons (Fsp3) is 0.500. The van der Waals surface area contributed by atoms with E-state index in [1.165, 1.54) is 0 Å². The zero-order chi connectivity index (χ0) is 14.0. The van der Waals surface area contributed by atoms with Crippen LogP contribution in [-0.2, 0) is 9.47 Å². The average Bonchev–Trinajstić information content (AvgIpc) is 2.42. The van der Waals surface area contributed by atoms with Crippen LogP contribution in [0, 0.1) is 6.92 Å². The molecule has 0 bridgehead atoms. The van der Waals surface area contributed by atoms with Gasteiger partial charge in [0.1, 0.15) is 0 Å². The molecule has 0 spiro atoms. The molecule has 5 heteroatoms. The summed E-state index contributed by atoms with van der Waals surface area (Å²) in [6, 6.07) is 1.81. The molecule has 1 unspecified atom stereocenters. The first-order valence-electron chi connectivity index (χ1n) is 6.25. The summed E-state index contributed by atoms with van der Waals surface area (Å²) in [5, 5.41) is 0.470. The Bertz CT molecular complexity index is 502. The van der Waals surface area contributed by atoms with E-state index >= 15 is 0 Å². The van der Waals surface area contributed by atoms with Crippen LogP contribution in [0.3, 0.4) is 0 Å². The third-order valence-electron chi connectivity index (χ3n) is 3.16. The molecule has 0 N–H and O–H groups in total. The maximum absolute atomic E-state index is 11.9. The number of rotatable bonds is 3. The van der Waals surface area contributed by atoms with Crippen LogP contribution >= 0.6 is 23.4 Å². The Morgan fingerprint density at radius 3 is 2.95 bits per heavy atom. The first-order chi connectivity index (χ1) is 9.10. The highest BCUT2D eigenvalue weighted by atomic mass is 35.5. The predicted octanol–water partition coefficient (Wildman–Crippen LogP) is 4.01. The smallest absolute Gasteiger partial charge is 0.339 e. The minimum Gasteiger partial charge on any atom is -0.462 e. The van der Waals surface area contributed by atoms with Crippen LogP contribution < -0.4 is 0 Å². The summed E-state index contributed by atoms with van der Waals surface area (Å²) < 4.78 is 10.6. The van der Waals surface area contributed by atoms with Gasteiger partial charge >= 0.3 is 5.97 Å². The molecule has 1 atom stereocenters. The highest BCUT2D eigenvalue weighted by Crippen LogP contribution is 2.45. The third-order valence-corrected chi connectivity index (χ3v) is 4.84. The van der Waals surface area contributed by atoms with Gasteiger partial charge in [-0.05, 0) is 31.9 Å². The second-order valence-electron chi connectivity index (χ2n) is 4.38. The van der Waals surface area contributed by atoms with Crippen LogP contribution in [-0.4, -0.2) is 25.4 Å². The molecule has 3 nitrogen and oxygen atoms in total. The number of thioether (sulfide) groups is 1. The number of ether oxygens (including phenoxy) is 2. The van der Waals surface area contributed by atoms with Crippen LogP contribution in [0.15, 0.2) is 11.0 Å². The Morgan fingerprint density at radius 1 is 1.58 bits per heavy atom. The van der Waals surface area contributed by atoms with Crippen molar-refractivity contribution in [2.75, 3.05) is 19.5 Å². The topological polar surface area (TPSA) is 35.5 Å². The van der Waals surface area contributed by atoms with E-state index < -0.39 is 0 Å². The number of methoxy groups -OCH3 is 1. The van der Waals surface area contributed by atoms with Crippen LogP contribution in [0.2, 0.25) is 5.02 Å². The van der Waals surface area contributed by atoms with Crippen molar-refractivity contribution in [3.05, 3.63) is 27.8 Å². The minimum atomic E-state index is -0.371. The van der Waals surface area contributed by atoms with Gasteiger partial charge in [0.15, 0.2) is 0 Å². The van der Waals surface area contributed by atoms with E-state index in [9.17, 15) is 4.79 Å². The van der Waals surface area contributed by atoms with Crippen molar-refractivity contribution in [3.8, 4) is 0 Å². The highest BCUT2D eigenvalue weighted by Gasteiger charge is 2.28. The second-order valence-corrected chi connectivity index (χ2v) is 5.86. The van der Waals surface area contributed by atoms with Crippen LogP contribution in [0.1, 0.15) is 40.9 Å². The minimum absolute atomic E-state index is 0.0446. The first-order valence-corrected chi connectivity index (χ1v) is 7.62. The molecule has 0 amide bonds. The van der Waals surface area contributed by atoms with E-state index in [1.807, 2.05) is 13.0 Å². The number of aryl methyl sites for hydroxylation is 1. The number of halogens is 1. The molecule has 0 saturated carbocycles. The molecule has 1 aromatic carbocycles. The molecular weight excluding hydrogens is 284 g/mol. The number of hydrogen-bond donors (Lipinski definition) is 0. The SMILES string of the molecule is CCOC(=O)c1cc(C)c2c(c1Cl)C(OC)CCS2. The number of fused-ring (bicyclic) bond motifs is 1. The van der Waals surface area contributed by atoms with Crippen molar-refractivity contribution in [2.24, 2.45) is 0 Å². The molecule has 0 fully saturated rings. The Morgan fingerprint density at radius 2 is 2.32 bits per heavy atom. The van der Waals surface area contributed by atoms with E-state index in [4.69, 9.17) is 21.1 Å². The largest absolute Gasteiger partial charge is 0.462 e. The van der Waals surface area contributed by atoms with Crippen molar-refractivity contribution in [1.82, 2.24) is 0 Å². The second kappa shape index (κ2) is 6.16. The molecule has 0 saturated heterocycles. The van der Waals surface area contributed by atoms with Crippen LogP contribution in [0.5, 0.6) is 0 Å². The molecule has 1 aliphatic heterocycles. The quantitative estimate of drug-likeness (QED) is 0.790. The number of esters is 1. The molecule has 0 radical (unpaired) electrons. The number of carbonyl (C=O) groups excluding carboxylic acids is 1. The average molecular weight is 301 g/mol. The van der Waals surface area contributed by atoms with Gasteiger partial charge in [-0.25, -0.2) is 4.79 Å². The fourth-order valence-corrected chi connectivity index (χ4v) is 3.90. The monoisotopic (exact) mass is 300 g/mol. The zero-order valence-corrected chi connectivity index (χ0v) is 12.9. The maximum Gasteiger partial charge on any atom is 0.339 e. The zero-order valence-electron chi connectivity index (χ0n) is 11.3. The highest BCUT2D eigenvalue weighted by molar-refractivity contribution is 7.99. The Balaban J connectivity index is 2.55. The lowest BCUT2D eigenvalue weighted by Crippen LogP contribution is -2.15. The lowest BCUT2D eigenvalue weighted by molar-refractivity contribution is 0.0525. The molecule has 1 aliphatic rings. The molecule has 1 heterocycles. The third kappa shape index (κ3) is 2.76. The summed E-state index contributed by atoms with van der Waals surface area (Å²) in [5.74, 6) is 0.630. The number of benzene rings is 1. The van der Waals surface area contributed by atoms with Gasteiger partial charge in [-0.1, -0.05) is 11.6 Å². The lowest BCUT2D eigenvalue weighted by atomic mass is 10.00. The normalized spacial score (nSPS) is 18.0. The van der Waals surface area contributed by atoms with Gasteiger partial charge in [-0.3, -0.25) is 0 Å².